The first kappa shape index (κ1) is 24.5. The number of hydrogen-bond donors (Lipinski definition) is 4. The van der Waals surface area contributed by atoms with Gasteiger partial charge in [0.15, 0.2) is 0 Å². The van der Waals surface area contributed by atoms with E-state index in [9.17, 15) is 25.2 Å². The quantitative estimate of drug-likeness (QED) is 0.409. The maximum atomic E-state index is 12.7. The fourth-order valence-electron chi connectivity index (χ4n) is 9.71. The molecule has 5 rings (SSSR count). The standard InChI is InChI=1S/C29H44O5/c1-24(2)11-13-29(23(32)33)14-12-26(4)17(18(29)15-24)7-8-20-25(3)16-19(30)22(31)28(6,34)21(25)9-10-27(20,26)5/h7,9,18-20,22,30-31,34H,8,10-16H2,1-6H3,(H,32,33)/t18-,19-,20+,22-,25+,26+,27+,28-,29-/m0/s1. The molecule has 0 amide bonds. The van der Waals surface area contributed by atoms with Crippen molar-refractivity contribution in [1.82, 2.24) is 0 Å². The molecule has 34 heavy (non-hydrogen) atoms. The molecule has 190 valence electrons. The lowest BCUT2D eigenvalue weighted by Crippen LogP contribution is -2.65. The first-order valence-electron chi connectivity index (χ1n) is 13.3. The highest BCUT2D eigenvalue weighted by Gasteiger charge is 2.68. The van der Waals surface area contributed by atoms with Crippen molar-refractivity contribution in [2.45, 2.75) is 111 Å². The van der Waals surface area contributed by atoms with E-state index in [2.05, 4.69) is 46.8 Å². The zero-order valence-corrected chi connectivity index (χ0v) is 21.8. The second-order valence-electron chi connectivity index (χ2n) is 14.2. The van der Waals surface area contributed by atoms with Crippen LogP contribution in [0.5, 0.6) is 0 Å². The molecule has 0 bridgehead atoms. The number of aliphatic carboxylic acids is 1. The lowest BCUT2D eigenvalue weighted by atomic mass is 9.36. The van der Waals surface area contributed by atoms with Crippen LogP contribution in [-0.4, -0.2) is 44.2 Å². The minimum atomic E-state index is -1.45. The van der Waals surface area contributed by atoms with Crippen LogP contribution in [0.15, 0.2) is 23.3 Å². The SMILES string of the molecule is CC1(C)CC[C@]2(C(=O)O)CC[C@]3(C)C(=CC[C@@H]4[C@@]5(C)C[C@H](O)[C@H](O)[C@@](C)(O)C5=CC[C@]43C)[C@@H]2C1. The minimum Gasteiger partial charge on any atom is -0.481 e. The predicted octanol–water partition coefficient (Wildman–Crippen LogP) is 4.85. The van der Waals surface area contributed by atoms with E-state index in [4.69, 9.17) is 0 Å². The molecular weight excluding hydrogens is 428 g/mol. The largest absolute Gasteiger partial charge is 0.481 e. The zero-order chi connectivity index (χ0) is 25.1. The van der Waals surface area contributed by atoms with Gasteiger partial charge in [-0.3, -0.25) is 4.79 Å². The zero-order valence-electron chi connectivity index (χ0n) is 21.8. The van der Waals surface area contributed by atoms with Crippen molar-refractivity contribution in [3.63, 3.8) is 0 Å². The second-order valence-corrected chi connectivity index (χ2v) is 14.2. The summed E-state index contributed by atoms with van der Waals surface area (Å²) in [6.07, 6.45) is 8.62. The van der Waals surface area contributed by atoms with Gasteiger partial charge in [-0.15, -0.1) is 0 Å². The van der Waals surface area contributed by atoms with E-state index in [-0.39, 0.29) is 28.1 Å². The fraction of sp³-hybridized carbons (Fsp3) is 0.828. The lowest BCUT2D eigenvalue weighted by Gasteiger charge is -2.68. The van der Waals surface area contributed by atoms with Crippen LogP contribution in [0.2, 0.25) is 0 Å². The van der Waals surface area contributed by atoms with Gasteiger partial charge in [-0.05, 0) is 97.4 Å². The van der Waals surface area contributed by atoms with Gasteiger partial charge in [0.2, 0.25) is 0 Å². The third kappa shape index (κ3) is 2.81. The van der Waals surface area contributed by atoms with Crippen molar-refractivity contribution >= 4 is 5.97 Å². The van der Waals surface area contributed by atoms with Crippen molar-refractivity contribution in [1.29, 1.82) is 0 Å². The number of hydrogen-bond acceptors (Lipinski definition) is 4. The molecule has 9 atom stereocenters. The third-order valence-corrected chi connectivity index (χ3v) is 12.0. The first-order valence-corrected chi connectivity index (χ1v) is 13.3. The molecule has 0 heterocycles. The molecule has 5 heteroatoms. The number of carbonyl (C=O) groups is 1. The summed E-state index contributed by atoms with van der Waals surface area (Å²) in [6.45, 7) is 13.1. The molecular formula is C29H44O5. The van der Waals surface area contributed by atoms with Gasteiger partial charge in [0.25, 0.3) is 0 Å². The number of allylic oxidation sites excluding steroid dienone is 3. The summed E-state index contributed by atoms with van der Waals surface area (Å²) in [5, 5.41) is 43.1. The summed E-state index contributed by atoms with van der Waals surface area (Å²) in [7, 11) is 0. The van der Waals surface area contributed by atoms with Gasteiger partial charge in [-0.1, -0.05) is 52.3 Å². The van der Waals surface area contributed by atoms with Crippen molar-refractivity contribution in [3.8, 4) is 0 Å². The molecule has 4 N–H and O–H groups in total. The normalized spacial score (nSPS) is 53.9. The van der Waals surface area contributed by atoms with Crippen LogP contribution in [0.1, 0.15) is 92.9 Å². The molecule has 5 nitrogen and oxygen atoms in total. The number of rotatable bonds is 1. The van der Waals surface area contributed by atoms with Crippen LogP contribution in [0, 0.1) is 38.9 Å². The maximum absolute atomic E-state index is 12.7. The Kier molecular flexibility index (Phi) is 5.03. The van der Waals surface area contributed by atoms with Crippen LogP contribution in [-0.2, 0) is 4.79 Å². The Morgan fingerprint density at radius 2 is 1.59 bits per heavy atom. The van der Waals surface area contributed by atoms with Crippen LogP contribution in [0.4, 0.5) is 0 Å². The van der Waals surface area contributed by atoms with Crippen LogP contribution >= 0.6 is 0 Å². The van der Waals surface area contributed by atoms with E-state index in [0.29, 0.717) is 12.8 Å². The Bertz CT molecular complexity index is 977. The molecule has 0 aromatic rings. The molecule has 5 aliphatic rings. The van der Waals surface area contributed by atoms with E-state index in [0.717, 1.165) is 44.1 Å². The molecule has 0 saturated heterocycles. The smallest absolute Gasteiger partial charge is 0.310 e. The Labute approximate surface area is 204 Å². The summed E-state index contributed by atoms with van der Waals surface area (Å²) >= 11 is 0. The summed E-state index contributed by atoms with van der Waals surface area (Å²) in [6, 6.07) is 0. The van der Waals surface area contributed by atoms with Gasteiger partial charge in [-0.25, -0.2) is 0 Å². The Morgan fingerprint density at radius 1 is 0.941 bits per heavy atom. The molecule has 3 fully saturated rings. The van der Waals surface area contributed by atoms with Crippen molar-refractivity contribution in [2.24, 2.45) is 38.9 Å². The van der Waals surface area contributed by atoms with Gasteiger partial charge in [0.05, 0.1) is 11.5 Å². The Morgan fingerprint density at radius 3 is 2.24 bits per heavy atom. The van der Waals surface area contributed by atoms with Gasteiger partial charge in [0.1, 0.15) is 11.7 Å². The average molecular weight is 473 g/mol. The number of aliphatic hydroxyl groups is 3. The summed E-state index contributed by atoms with van der Waals surface area (Å²) in [5.41, 5.74) is -0.409. The molecule has 0 spiro atoms. The van der Waals surface area contributed by atoms with E-state index in [1.54, 1.807) is 6.92 Å². The maximum Gasteiger partial charge on any atom is 0.310 e. The molecule has 5 aliphatic carbocycles. The van der Waals surface area contributed by atoms with Crippen LogP contribution in [0.3, 0.4) is 0 Å². The van der Waals surface area contributed by atoms with Gasteiger partial charge >= 0.3 is 5.97 Å². The molecule has 3 saturated carbocycles. The molecule has 0 aliphatic heterocycles. The topological polar surface area (TPSA) is 98.0 Å². The van der Waals surface area contributed by atoms with Gasteiger partial charge in [-0.2, -0.15) is 0 Å². The molecule has 0 aromatic carbocycles. The van der Waals surface area contributed by atoms with Crippen molar-refractivity contribution in [2.75, 3.05) is 0 Å². The molecule has 0 unspecified atom stereocenters. The Hall–Kier alpha value is -1.17. The second kappa shape index (κ2) is 6.98. The highest BCUT2D eigenvalue weighted by atomic mass is 16.4. The van der Waals surface area contributed by atoms with Crippen LogP contribution in [0.25, 0.3) is 0 Å². The highest BCUT2D eigenvalue weighted by Crippen LogP contribution is 2.74. The number of carboxylic acid groups (broad SMARTS) is 1. The van der Waals surface area contributed by atoms with E-state index < -0.39 is 34.6 Å². The van der Waals surface area contributed by atoms with E-state index in [1.807, 2.05) is 0 Å². The van der Waals surface area contributed by atoms with Crippen LogP contribution < -0.4 is 0 Å². The fourth-order valence-corrected chi connectivity index (χ4v) is 9.71. The third-order valence-electron chi connectivity index (χ3n) is 12.0. The number of aliphatic hydroxyl groups excluding tert-OH is 2. The van der Waals surface area contributed by atoms with Gasteiger partial charge in [0, 0.05) is 0 Å². The summed E-state index contributed by atoms with van der Waals surface area (Å²) in [5.74, 6) is -0.358. The first-order chi connectivity index (χ1) is 15.6. The number of carboxylic acids is 1. The Balaban J connectivity index is 1.63. The van der Waals surface area contributed by atoms with Crippen molar-refractivity contribution in [3.05, 3.63) is 23.3 Å². The molecule has 0 aromatic heterocycles. The summed E-state index contributed by atoms with van der Waals surface area (Å²) < 4.78 is 0. The van der Waals surface area contributed by atoms with E-state index >= 15 is 0 Å². The molecule has 0 radical (unpaired) electrons. The predicted molar refractivity (Wildman–Crippen MR) is 131 cm³/mol. The summed E-state index contributed by atoms with van der Waals surface area (Å²) in [4.78, 5) is 12.7. The highest BCUT2D eigenvalue weighted by molar-refractivity contribution is 5.76. The van der Waals surface area contributed by atoms with Crippen molar-refractivity contribution < 1.29 is 25.2 Å². The average Bonchev–Trinajstić information content (AvgIpc) is 2.72. The van der Waals surface area contributed by atoms with E-state index in [1.165, 1.54) is 5.57 Å². The number of fused-ring (bicyclic) bond motifs is 7. The minimum absolute atomic E-state index is 0.0605. The van der Waals surface area contributed by atoms with Gasteiger partial charge < -0.3 is 20.4 Å². The lowest BCUT2D eigenvalue weighted by molar-refractivity contribution is -0.178. The monoisotopic (exact) mass is 472 g/mol.